The second kappa shape index (κ2) is 13.5. The number of anilines is 3. The first-order chi connectivity index (χ1) is 28.5. The first-order valence-corrected chi connectivity index (χ1v) is 20.3. The monoisotopic (exact) mass is 739 g/mol. The largest absolute Gasteiger partial charge is 0.310 e. The van der Waals surface area contributed by atoms with Gasteiger partial charge in [-0.15, -0.1) is 0 Å². The van der Waals surface area contributed by atoms with Gasteiger partial charge in [0.2, 0.25) is 0 Å². The van der Waals surface area contributed by atoms with Crippen LogP contribution in [0.2, 0.25) is 0 Å². The van der Waals surface area contributed by atoms with Gasteiger partial charge in [0.1, 0.15) is 0 Å². The Morgan fingerprint density at radius 3 is 1.74 bits per heavy atom. The fraction of sp³-hybridized carbons (Fsp3) is 0.0526. The zero-order valence-electron chi connectivity index (χ0n) is 32.7. The maximum atomic E-state index is 2.49. The van der Waals surface area contributed by atoms with Crippen molar-refractivity contribution in [2.75, 3.05) is 4.90 Å². The van der Waals surface area contributed by atoms with Gasteiger partial charge < -0.3 is 4.90 Å². The molecule has 0 saturated heterocycles. The Morgan fingerprint density at radius 1 is 0.328 bits per heavy atom. The fourth-order valence-corrected chi connectivity index (χ4v) is 9.58. The lowest BCUT2D eigenvalue weighted by molar-refractivity contribution is 0.660. The minimum Gasteiger partial charge on any atom is -0.310 e. The molecule has 58 heavy (non-hydrogen) atoms. The fourth-order valence-electron chi connectivity index (χ4n) is 9.58. The molecule has 0 fully saturated rings. The number of hydrogen-bond acceptors (Lipinski definition) is 1. The van der Waals surface area contributed by atoms with Crippen molar-refractivity contribution in [3.8, 4) is 44.5 Å². The van der Waals surface area contributed by atoms with Gasteiger partial charge in [0.25, 0.3) is 0 Å². The van der Waals surface area contributed by atoms with Crippen molar-refractivity contribution in [2.45, 2.75) is 19.3 Å². The van der Waals surface area contributed by atoms with Crippen molar-refractivity contribution in [2.24, 2.45) is 0 Å². The molecule has 0 atom stereocenters. The van der Waals surface area contributed by atoms with Crippen LogP contribution in [0.5, 0.6) is 0 Å². The number of rotatable bonds is 6. The van der Waals surface area contributed by atoms with Crippen molar-refractivity contribution in [1.82, 2.24) is 0 Å². The normalized spacial score (nSPS) is 12.8. The maximum Gasteiger partial charge on any atom is 0.0546 e. The molecule has 0 unspecified atom stereocenters. The highest BCUT2D eigenvalue weighted by Crippen LogP contribution is 2.52. The predicted molar refractivity (Wildman–Crippen MR) is 248 cm³/mol. The van der Waals surface area contributed by atoms with Crippen molar-refractivity contribution >= 4 is 49.4 Å². The van der Waals surface area contributed by atoms with Gasteiger partial charge >= 0.3 is 0 Å². The third kappa shape index (κ3) is 5.46. The maximum absolute atomic E-state index is 2.49. The third-order valence-electron chi connectivity index (χ3n) is 12.5. The molecule has 10 aromatic carbocycles. The van der Waals surface area contributed by atoms with E-state index in [-0.39, 0.29) is 5.41 Å². The molecule has 0 aromatic heterocycles. The molecule has 11 rings (SSSR count). The molecule has 0 spiro atoms. The van der Waals surface area contributed by atoms with E-state index in [1.807, 2.05) is 0 Å². The van der Waals surface area contributed by atoms with E-state index < -0.39 is 0 Å². The summed E-state index contributed by atoms with van der Waals surface area (Å²) in [6.45, 7) is 4.73. The highest BCUT2D eigenvalue weighted by molar-refractivity contribution is 6.10. The first-order valence-electron chi connectivity index (χ1n) is 20.3. The van der Waals surface area contributed by atoms with Gasteiger partial charge in [0, 0.05) is 22.4 Å². The predicted octanol–water partition coefficient (Wildman–Crippen LogP) is 15.9. The van der Waals surface area contributed by atoms with E-state index in [4.69, 9.17) is 0 Å². The summed E-state index contributed by atoms with van der Waals surface area (Å²) in [6, 6.07) is 78.4. The molecular formula is C57H41N. The minimum absolute atomic E-state index is 0.139. The Morgan fingerprint density at radius 2 is 0.897 bits per heavy atom. The number of benzene rings is 10. The average molecular weight is 740 g/mol. The topological polar surface area (TPSA) is 3.24 Å². The van der Waals surface area contributed by atoms with Crippen LogP contribution in [0.15, 0.2) is 212 Å². The second-order valence-corrected chi connectivity index (χ2v) is 16.1. The van der Waals surface area contributed by atoms with Crippen LogP contribution in [0.1, 0.15) is 25.0 Å². The molecule has 0 saturated carbocycles. The van der Waals surface area contributed by atoms with E-state index in [0.717, 1.165) is 17.1 Å². The molecule has 0 radical (unpaired) electrons. The number of hydrogen-bond donors (Lipinski definition) is 0. The van der Waals surface area contributed by atoms with Gasteiger partial charge in [-0.05, 0) is 119 Å². The van der Waals surface area contributed by atoms with Gasteiger partial charge in [-0.2, -0.15) is 0 Å². The third-order valence-corrected chi connectivity index (χ3v) is 12.5. The van der Waals surface area contributed by atoms with Crippen LogP contribution in [0.25, 0.3) is 76.8 Å². The molecule has 0 amide bonds. The van der Waals surface area contributed by atoms with Crippen molar-refractivity contribution in [1.29, 1.82) is 0 Å². The van der Waals surface area contributed by atoms with E-state index in [1.54, 1.807) is 0 Å². The first kappa shape index (κ1) is 34.1. The highest BCUT2D eigenvalue weighted by Gasteiger charge is 2.36. The molecule has 0 heterocycles. The van der Waals surface area contributed by atoms with Crippen LogP contribution in [0.4, 0.5) is 17.1 Å². The van der Waals surface area contributed by atoms with Crippen LogP contribution in [0, 0.1) is 0 Å². The Bertz CT molecular complexity index is 3180. The summed E-state index contributed by atoms with van der Waals surface area (Å²) in [5, 5.41) is 7.49. The van der Waals surface area contributed by atoms with E-state index in [0.29, 0.717) is 0 Å². The molecule has 1 aliphatic rings. The molecule has 0 aliphatic heterocycles. The van der Waals surface area contributed by atoms with E-state index >= 15 is 0 Å². The lowest BCUT2D eigenvalue weighted by Gasteiger charge is -2.31. The Hall–Kier alpha value is -7.22. The summed E-state index contributed by atoms with van der Waals surface area (Å²) in [7, 11) is 0. The Labute approximate surface area is 340 Å². The molecule has 10 aromatic rings. The number of nitrogens with zero attached hydrogens (tertiary/aromatic N) is 1. The molecule has 1 heteroatoms. The smallest absolute Gasteiger partial charge is 0.0546 e. The van der Waals surface area contributed by atoms with E-state index in [9.17, 15) is 0 Å². The summed E-state index contributed by atoms with van der Waals surface area (Å²) in [4.78, 5) is 2.49. The summed E-state index contributed by atoms with van der Waals surface area (Å²) in [5.41, 5.74) is 15.8. The SMILES string of the molecule is CC1(C)c2ccccc2-c2ccc(N(c3ccc(-c4ccccc4)cc3)c3cccc(-c4cccc5ccccc45)c3-c3ccc4c(ccc5ccccc54)c3)cc21. The van der Waals surface area contributed by atoms with Gasteiger partial charge in [-0.1, -0.05) is 190 Å². The molecule has 0 N–H and O–H groups in total. The van der Waals surface area contributed by atoms with Crippen molar-refractivity contribution in [3.05, 3.63) is 223 Å². The quantitative estimate of drug-likeness (QED) is 0.154. The highest BCUT2D eigenvalue weighted by atomic mass is 15.1. The standard InChI is InChI=1S/C57H41N/c1-57(2)53-24-11-10-21-50(53)51-35-33-45(37-54(51)57)58(44-31-28-39(29-32-44)38-14-4-3-5-15-38)55-25-13-23-52(49-22-12-18-40-16-6-9-20-47(40)49)56(55)43-30-34-48-42(36-43)27-26-41-17-7-8-19-46(41)48/h3-37H,1-2H3. The summed E-state index contributed by atoms with van der Waals surface area (Å²) in [5.74, 6) is 0. The summed E-state index contributed by atoms with van der Waals surface area (Å²) in [6.07, 6.45) is 0. The van der Waals surface area contributed by atoms with Crippen LogP contribution in [0.3, 0.4) is 0 Å². The Kier molecular flexibility index (Phi) is 7.91. The molecular weight excluding hydrogens is 699 g/mol. The zero-order valence-corrected chi connectivity index (χ0v) is 32.7. The summed E-state index contributed by atoms with van der Waals surface area (Å²) < 4.78 is 0. The number of fused-ring (bicyclic) bond motifs is 7. The second-order valence-electron chi connectivity index (χ2n) is 16.1. The van der Waals surface area contributed by atoms with Crippen molar-refractivity contribution < 1.29 is 0 Å². The van der Waals surface area contributed by atoms with Crippen LogP contribution < -0.4 is 4.90 Å². The molecule has 0 bridgehead atoms. The minimum atomic E-state index is -0.139. The molecule has 1 aliphatic carbocycles. The van der Waals surface area contributed by atoms with Gasteiger partial charge in [0.15, 0.2) is 0 Å². The van der Waals surface area contributed by atoms with Crippen molar-refractivity contribution in [3.63, 3.8) is 0 Å². The van der Waals surface area contributed by atoms with Gasteiger partial charge in [-0.25, -0.2) is 0 Å². The average Bonchev–Trinajstić information content (AvgIpc) is 3.51. The van der Waals surface area contributed by atoms with Crippen LogP contribution in [-0.2, 0) is 5.41 Å². The molecule has 274 valence electrons. The lowest BCUT2D eigenvalue weighted by Crippen LogP contribution is -2.17. The van der Waals surface area contributed by atoms with Crippen LogP contribution in [-0.4, -0.2) is 0 Å². The molecule has 1 nitrogen and oxygen atoms in total. The zero-order chi connectivity index (χ0) is 38.8. The van der Waals surface area contributed by atoms with E-state index in [1.165, 1.54) is 88.0 Å². The van der Waals surface area contributed by atoms with Gasteiger partial charge in [0.05, 0.1) is 5.69 Å². The van der Waals surface area contributed by atoms with Gasteiger partial charge in [-0.3, -0.25) is 0 Å². The summed E-state index contributed by atoms with van der Waals surface area (Å²) >= 11 is 0. The Balaban J connectivity index is 1.19. The lowest BCUT2D eigenvalue weighted by atomic mass is 9.82. The van der Waals surface area contributed by atoms with E-state index in [2.05, 4.69) is 231 Å². The van der Waals surface area contributed by atoms with Crippen LogP contribution >= 0.6 is 0 Å².